The van der Waals surface area contributed by atoms with E-state index in [4.69, 9.17) is 14.2 Å². The Bertz CT molecular complexity index is 1090. The number of methoxy groups -OCH3 is 2. The molecule has 1 amide bonds. The second-order valence-corrected chi connectivity index (χ2v) is 8.60. The van der Waals surface area contributed by atoms with Gasteiger partial charge in [-0.3, -0.25) is 9.59 Å². The van der Waals surface area contributed by atoms with Crippen molar-refractivity contribution in [3.63, 3.8) is 0 Å². The number of likely N-dealkylation sites (N-methyl/N-ethyl adjacent to an activating group) is 1. The summed E-state index contributed by atoms with van der Waals surface area (Å²) in [6.07, 6.45) is -0.0450. The number of amides is 1. The van der Waals surface area contributed by atoms with Gasteiger partial charge >= 0.3 is 0 Å². The second kappa shape index (κ2) is 10.6. The van der Waals surface area contributed by atoms with E-state index in [2.05, 4.69) is 0 Å². The van der Waals surface area contributed by atoms with Crippen molar-refractivity contribution >= 4 is 17.4 Å². The Hall–Kier alpha value is -3.52. The number of Topliss-reactive ketones (excluding diaryl/α,β-unsaturated/α-hetero) is 1. The van der Waals surface area contributed by atoms with Gasteiger partial charge in [0.1, 0.15) is 23.0 Å². The van der Waals surface area contributed by atoms with Crippen molar-refractivity contribution in [3.8, 4) is 17.2 Å². The van der Waals surface area contributed by atoms with Crippen LogP contribution < -0.4 is 14.2 Å². The molecule has 2 aromatic rings. The van der Waals surface area contributed by atoms with Crippen LogP contribution in [0.3, 0.4) is 0 Å². The maximum absolute atomic E-state index is 13.2. The Balaban J connectivity index is 2.21. The first kappa shape index (κ1) is 25.1. The Labute approximate surface area is 200 Å². The molecule has 0 saturated carbocycles. The first-order chi connectivity index (χ1) is 16.2. The fraction of sp³-hybridized carbons (Fsp3) is 0.385. The number of nitrogens with zero attached hydrogens (tertiary/aromatic N) is 2. The average molecular weight is 469 g/mol. The zero-order valence-electron chi connectivity index (χ0n) is 20.5. The molecule has 3 rings (SSSR count). The molecule has 1 fully saturated rings. The molecule has 8 heteroatoms. The summed E-state index contributed by atoms with van der Waals surface area (Å²) in [6, 6.07) is 11.4. The molecule has 182 valence electrons. The van der Waals surface area contributed by atoms with Gasteiger partial charge in [-0.05, 0) is 63.8 Å². The van der Waals surface area contributed by atoms with E-state index in [1.807, 2.05) is 51.0 Å². The van der Waals surface area contributed by atoms with Crippen LogP contribution in [0, 0.1) is 0 Å². The van der Waals surface area contributed by atoms with Gasteiger partial charge in [0.2, 0.25) is 0 Å². The number of aliphatic hydroxyl groups excluding tert-OH is 1. The largest absolute Gasteiger partial charge is 0.507 e. The molecule has 1 heterocycles. The third-order valence-electron chi connectivity index (χ3n) is 5.54. The van der Waals surface area contributed by atoms with E-state index in [9.17, 15) is 14.7 Å². The first-order valence-electron chi connectivity index (χ1n) is 11.1. The molecule has 1 atom stereocenters. The van der Waals surface area contributed by atoms with Gasteiger partial charge in [-0.2, -0.15) is 0 Å². The molecule has 1 aliphatic heterocycles. The van der Waals surface area contributed by atoms with Crippen molar-refractivity contribution in [2.45, 2.75) is 26.0 Å². The molecule has 0 aromatic heterocycles. The van der Waals surface area contributed by atoms with Gasteiger partial charge < -0.3 is 29.1 Å². The highest BCUT2D eigenvalue weighted by molar-refractivity contribution is 6.46. The third kappa shape index (κ3) is 5.17. The van der Waals surface area contributed by atoms with Crippen LogP contribution >= 0.6 is 0 Å². The van der Waals surface area contributed by atoms with Crippen molar-refractivity contribution in [2.24, 2.45) is 0 Å². The minimum absolute atomic E-state index is 0.00277. The first-order valence-corrected chi connectivity index (χ1v) is 11.1. The molecule has 0 spiro atoms. The molecule has 1 saturated heterocycles. The van der Waals surface area contributed by atoms with Crippen LogP contribution in [0.5, 0.6) is 17.2 Å². The van der Waals surface area contributed by atoms with Crippen molar-refractivity contribution in [1.82, 2.24) is 9.80 Å². The number of carbonyl (C=O) groups excluding carboxylic acids is 2. The second-order valence-electron chi connectivity index (χ2n) is 8.60. The van der Waals surface area contributed by atoms with Crippen LogP contribution in [0.15, 0.2) is 48.0 Å². The number of likely N-dealkylation sites (tertiary alicyclic amines) is 1. The van der Waals surface area contributed by atoms with Crippen molar-refractivity contribution in [2.75, 3.05) is 41.4 Å². The number of ether oxygens (including phenoxy) is 3. The summed E-state index contributed by atoms with van der Waals surface area (Å²) in [5.41, 5.74) is 0.934. The minimum atomic E-state index is -0.786. The summed E-state index contributed by atoms with van der Waals surface area (Å²) in [5.74, 6) is -0.278. The fourth-order valence-electron chi connectivity index (χ4n) is 3.94. The standard InChI is InChI=1S/C26H32N2O6/c1-16(2)34-19-9-7-8-17(14-19)23-22(25(30)26(31)28(23)13-12-27(3)4)24(29)20-15-18(32-5)10-11-21(20)33-6/h7-11,14-16,23,29H,12-13H2,1-6H3/b24-22+. The zero-order chi connectivity index (χ0) is 25.0. The Morgan fingerprint density at radius 2 is 1.79 bits per heavy atom. The number of hydrogen-bond acceptors (Lipinski definition) is 7. The van der Waals surface area contributed by atoms with Crippen molar-refractivity contribution < 1.29 is 28.9 Å². The van der Waals surface area contributed by atoms with E-state index in [0.29, 0.717) is 35.9 Å². The van der Waals surface area contributed by atoms with E-state index >= 15 is 0 Å². The van der Waals surface area contributed by atoms with Crippen molar-refractivity contribution in [1.29, 1.82) is 0 Å². The van der Waals surface area contributed by atoms with Gasteiger partial charge in [-0.25, -0.2) is 0 Å². The number of aliphatic hydroxyl groups is 1. The van der Waals surface area contributed by atoms with Gasteiger partial charge in [0.05, 0.1) is 37.5 Å². The van der Waals surface area contributed by atoms with Crippen LogP contribution in [0.25, 0.3) is 5.76 Å². The maximum atomic E-state index is 13.2. The van der Waals surface area contributed by atoms with Gasteiger partial charge in [-0.1, -0.05) is 12.1 Å². The Morgan fingerprint density at radius 1 is 1.06 bits per heavy atom. The summed E-state index contributed by atoms with van der Waals surface area (Å²) in [5, 5.41) is 11.4. The van der Waals surface area contributed by atoms with E-state index in [-0.39, 0.29) is 23.0 Å². The number of hydrogen-bond donors (Lipinski definition) is 1. The van der Waals surface area contributed by atoms with Gasteiger partial charge in [0.15, 0.2) is 0 Å². The molecular formula is C26H32N2O6. The van der Waals surface area contributed by atoms with Crippen LogP contribution in [-0.2, 0) is 9.59 Å². The lowest BCUT2D eigenvalue weighted by molar-refractivity contribution is -0.140. The predicted octanol–water partition coefficient (Wildman–Crippen LogP) is 3.47. The SMILES string of the molecule is COc1ccc(OC)c(/C(O)=C2\C(=O)C(=O)N(CCN(C)C)C2c2cccc(OC(C)C)c2)c1. The highest BCUT2D eigenvalue weighted by Crippen LogP contribution is 2.42. The van der Waals surface area contributed by atoms with Gasteiger partial charge in [-0.15, -0.1) is 0 Å². The predicted molar refractivity (Wildman–Crippen MR) is 129 cm³/mol. The zero-order valence-corrected chi connectivity index (χ0v) is 20.5. The van der Waals surface area contributed by atoms with Crippen molar-refractivity contribution in [3.05, 3.63) is 59.2 Å². The molecule has 1 N–H and O–H groups in total. The highest BCUT2D eigenvalue weighted by Gasteiger charge is 2.46. The molecule has 8 nitrogen and oxygen atoms in total. The molecule has 1 unspecified atom stereocenters. The number of benzene rings is 2. The minimum Gasteiger partial charge on any atom is -0.507 e. The van der Waals surface area contributed by atoms with Gasteiger partial charge in [0.25, 0.3) is 11.7 Å². The number of rotatable bonds is 9. The Morgan fingerprint density at radius 3 is 2.41 bits per heavy atom. The molecule has 0 radical (unpaired) electrons. The highest BCUT2D eigenvalue weighted by atomic mass is 16.5. The van der Waals surface area contributed by atoms with Gasteiger partial charge in [0, 0.05) is 13.1 Å². The number of carbonyl (C=O) groups is 2. The smallest absolute Gasteiger partial charge is 0.295 e. The summed E-state index contributed by atoms with van der Waals surface area (Å²) < 4.78 is 16.5. The van der Waals surface area contributed by atoms with E-state index in [1.54, 1.807) is 24.3 Å². The van der Waals surface area contributed by atoms with Crippen LogP contribution in [-0.4, -0.2) is 74.1 Å². The molecule has 2 aromatic carbocycles. The summed E-state index contributed by atoms with van der Waals surface area (Å²) in [4.78, 5) is 29.8. The lowest BCUT2D eigenvalue weighted by atomic mass is 9.94. The lowest BCUT2D eigenvalue weighted by Gasteiger charge is -2.27. The summed E-state index contributed by atoms with van der Waals surface area (Å²) >= 11 is 0. The maximum Gasteiger partial charge on any atom is 0.295 e. The van der Waals surface area contributed by atoms with E-state index in [0.717, 1.165) is 0 Å². The van der Waals surface area contributed by atoms with Crippen LogP contribution in [0.1, 0.15) is 31.0 Å². The quantitative estimate of drug-likeness (QED) is 0.342. The molecule has 34 heavy (non-hydrogen) atoms. The topological polar surface area (TPSA) is 88.5 Å². The lowest BCUT2D eigenvalue weighted by Crippen LogP contribution is -2.35. The van der Waals surface area contributed by atoms with E-state index < -0.39 is 17.7 Å². The molecular weight excluding hydrogens is 436 g/mol. The Kier molecular flexibility index (Phi) is 7.83. The van der Waals surface area contributed by atoms with Crippen LogP contribution in [0.4, 0.5) is 0 Å². The summed E-state index contributed by atoms with van der Waals surface area (Å²) in [6.45, 7) is 4.70. The molecule has 0 aliphatic carbocycles. The monoisotopic (exact) mass is 468 g/mol. The molecule has 0 bridgehead atoms. The molecule has 1 aliphatic rings. The summed E-state index contributed by atoms with van der Waals surface area (Å²) in [7, 11) is 6.76. The third-order valence-corrected chi connectivity index (χ3v) is 5.54. The fourth-order valence-corrected chi connectivity index (χ4v) is 3.94. The normalized spacial score (nSPS) is 17.5. The van der Waals surface area contributed by atoms with E-state index in [1.165, 1.54) is 19.1 Å². The van der Waals surface area contributed by atoms with Crippen LogP contribution in [0.2, 0.25) is 0 Å². The number of ketones is 1. The average Bonchev–Trinajstić information content (AvgIpc) is 3.06.